The molecule has 106 valence electrons. The van der Waals surface area contributed by atoms with Gasteiger partial charge in [-0.2, -0.15) is 9.98 Å². The van der Waals surface area contributed by atoms with Gasteiger partial charge in [0.2, 0.25) is 0 Å². The molecule has 1 aliphatic heterocycles. The summed E-state index contributed by atoms with van der Waals surface area (Å²) >= 11 is 0. The van der Waals surface area contributed by atoms with E-state index in [4.69, 9.17) is 4.42 Å². The number of urea groups is 1. The minimum Gasteiger partial charge on any atom is -0.468 e. The van der Waals surface area contributed by atoms with E-state index in [1.807, 2.05) is 24.1 Å². The molecule has 0 unspecified atom stereocenters. The topological polar surface area (TPSA) is 75.2 Å². The summed E-state index contributed by atoms with van der Waals surface area (Å²) in [5.74, 6) is 0.764. The quantitative estimate of drug-likeness (QED) is 0.766. The Bertz CT molecular complexity index is 809. The number of furan rings is 1. The first-order chi connectivity index (χ1) is 10.1. The van der Waals surface area contributed by atoms with Crippen molar-refractivity contribution in [1.29, 1.82) is 0 Å². The van der Waals surface area contributed by atoms with Crippen LogP contribution in [0.1, 0.15) is 16.1 Å². The van der Waals surface area contributed by atoms with Crippen molar-refractivity contribution in [3.63, 3.8) is 0 Å². The van der Waals surface area contributed by atoms with Gasteiger partial charge in [-0.25, -0.2) is 4.79 Å². The minimum absolute atomic E-state index is 0.0404. The molecular formula is C15H13N3O3. The number of rotatable bonds is 5. The SMILES string of the molecule is CN(CC(=O)c1ccc2c(c1)=NC(=O)N=2)Cc1ccco1. The first kappa shape index (κ1) is 13.4. The Hall–Kier alpha value is -2.60. The lowest BCUT2D eigenvalue weighted by atomic mass is 10.1. The largest absolute Gasteiger partial charge is 0.468 e. The fourth-order valence-corrected chi connectivity index (χ4v) is 2.17. The van der Waals surface area contributed by atoms with Crippen molar-refractivity contribution in [1.82, 2.24) is 4.90 Å². The lowest BCUT2D eigenvalue weighted by Crippen LogP contribution is -2.28. The number of Topliss-reactive ketones (excluding diaryl/α,β-unsaturated/α-hetero) is 1. The second-order valence-electron chi connectivity index (χ2n) is 4.88. The fourth-order valence-electron chi connectivity index (χ4n) is 2.17. The highest BCUT2D eigenvalue weighted by molar-refractivity contribution is 5.97. The fraction of sp³-hybridized carbons (Fsp3) is 0.200. The summed E-state index contributed by atoms with van der Waals surface area (Å²) in [6.45, 7) is 0.812. The van der Waals surface area contributed by atoms with E-state index in [1.165, 1.54) is 0 Å². The molecule has 1 aliphatic rings. The third-order valence-corrected chi connectivity index (χ3v) is 3.15. The molecule has 2 amide bonds. The first-order valence-electron chi connectivity index (χ1n) is 6.47. The summed E-state index contributed by atoms with van der Waals surface area (Å²) in [5.41, 5.74) is 0.522. The Balaban J connectivity index is 1.72. The van der Waals surface area contributed by atoms with Gasteiger partial charge in [0.15, 0.2) is 5.78 Å². The smallest absolute Gasteiger partial charge is 0.368 e. The van der Waals surface area contributed by atoms with Crippen LogP contribution in [0.2, 0.25) is 0 Å². The van der Waals surface area contributed by atoms with E-state index < -0.39 is 6.03 Å². The van der Waals surface area contributed by atoms with Crippen LogP contribution in [0.5, 0.6) is 0 Å². The molecule has 2 aromatic rings. The Labute approximate surface area is 120 Å². The summed E-state index contributed by atoms with van der Waals surface area (Å²) in [4.78, 5) is 32.7. The van der Waals surface area contributed by atoms with Crippen molar-refractivity contribution in [2.75, 3.05) is 13.6 Å². The molecule has 0 saturated carbocycles. The van der Waals surface area contributed by atoms with Gasteiger partial charge in [-0.05, 0) is 37.4 Å². The zero-order valence-corrected chi connectivity index (χ0v) is 11.4. The van der Waals surface area contributed by atoms with Gasteiger partial charge in [-0.3, -0.25) is 9.69 Å². The highest BCUT2D eigenvalue weighted by atomic mass is 16.3. The third-order valence-electron chi connectivity index (χ3n) is 3.15. The molecule has 0 spiro atoms. The van der Waals surface area contributed by atoms with Crippen molar-refractivity contribution < 1.29 is 14.0 Å². The van der Waals surface area contributed by atoms with Crippen LogP contribution < -0.4 is 10.7 Å². The lowest BCUT2D eigenvalue weighted by molar-refractivity contribution is 0.0939. The first-order valence-corrected chi connectivity index (χ1v) is 6.47. The maximum absolute atomic E-state index is 12.2. The van der Waals surface area contributed by atoms with Crippen molar-refractivity contribution in [2.45, 2.75) is 6.54 Å². The second-order valence-corrected chi connectivity index (χ2v) is 4.88. The van der Waals surface area contributed by atoms with Crippen LogP contribution in [0.25, 0.3) is 0 Å². The van der Waals surface area contributed by atoms with E-state index in [9.17, 15) is 9.59 Å². The highest BCUT2D eigenvalue weighted by Gasteiger charge is 2.13. The van der Waals surface area contributed by atoms with Crippen LogP contribution in [-0.4, -0.2) is 30.3 Å². The van der Waals surface area contributed by atoms with Crippen LogP contribution >= 0.6 is 0 Å². The Kier molecular flexibility index (Phi) is 3.45. The molecule has 0 fully saturated rings. The van der Waals surface area contributed by atoms with Gasteiger partial charge in [0.05, 0.1) is 30.1 Å². The van der Waals surface area contributed by atoms with Gasteiger partial charge in [-0.15, -0.1) is 0 Å². The molecule has 0 aliphatic carbocycles. The van der Waals surface area contributed by atoms with Crippen molar-refractivity contribution in [2.24, 2.45) is 9.98 Å². The number of likely N-dealkylation sites (N-methyl/N-ethyl adjacent to an activating group) is 1. The van der Waals surface area contributed by atoms with E-state index in [0.717, 1.165) is 5.76 Å². The summed E-state index contributed by atoms with van der Waals surface area (Å²) in [5, 5.41) is 0.972. The summed E-state index contributed by atoms with van der Waals surface area (Å²) in [7, 11) is 1.84. The Morgan fingerprint density at radius 1 is 1.24 bits per heavy atom. The summed E-state index contributed by atoms with van der Waals surface area (Å²) in [6.07, 6.45) is 1.60. The van der Waals surface area contributed by atoms with E-state index in [1.54, 1.807) is 24.5 Å². The van der Waals surface area contributed by atoms with Gasteiger partial charge >= 0.3 is 6.03 Å². The normalized spacial score (nSPS) is 13.0. The molecule has 6 heteroatoms. The summed E-state index contributed by atoms with van der Waals surface area (Å²) < 4.78 is 5.25. The standard InChI is InChI=1S/C15H13N3O3/c1-18(8-11-3-2-6-21-11)9-14(19)10-4-5-12-13(7-10)17-15(20)16-12/h2-7H,8-9H2,1H3. The third kappa shape index (κ3) is 2.95. The van der Waals surface area contributed by atoms with Crippen LogP contribution in [0.15, 0.2) is 51.0 Å². The number of benzene rings is 1. The van der Waals surface area contributed by atoms with E-state index in [-0.39, 0.29) is 12.3 Å². The molecule has 0 bridgehead atoms. The predicted octanol–water partition coefficient (Wildman–Crippen LogP) is 0.967. The number of hydrogen-bond acceptors (Lipinski definition) is 4. The number of carbonyl (C=O) groups is 2. The molecular weight excluding hydrogens is 270 g/mol. The molecule has 21 heavy (non-hydrogen) atoms. The number of carbonyl (C=O) groups excluding carboxylic acids is 2. The molecule has 3 rings (SSSR count). The molecule has 6 nitrogen and oxygen atoms in total. The van der Waals surface area contributed by atoms with Crippen LogP contribution in [0.4, 0.5) is 4.79 Å². The molecule has 1 aromatic carbocycles. The van der Waals surface area contributed by atoms with E-state index in [2.05, 4.69) is 9.98 Å². The number of amides is 2. The van der Waals surface area contributed by atoms with Gasteiger partial charge in [-0.1, -0.05) is 0 Å². The number of ketones is 1. The molecule has 0 atom stereocenters. The number of fused-ring (bicyclic) bond motifs is 1. The maximum Gasteiger partial charge on any atom is 0.368 e. The zero-order valence-electron chi connectivity index (χ0n) is 11.4. The monoisotopic (exact) mass is 283 g/mol. The Morgan fingerprint density at radius 2 is 2.05 bits per heavy atom. The van der Waals surface area contributed by atoms with E-state index in [0.29, 0.717) is 22.8 Å². The Morgan fingerprint density at radius 3 is 2.81 bits per heavy atom. The predicted molar refractivity (Wildman–Crippen MR) is 73.5 cm³/mol. The van der Waals surface area contributed by atoms with Crippen LogP contribution in [0, 0.1) is 0 Å². The van der Waals surface area contributed by atoms with Gasteiger partial charge in [0.1, 0.15) is 5.76 Å². The van der Waals surface area contributed by atoms with Gasteiger partial charge in [0, 0.05) is 5.56 Å². The summed E-state index contributed by atoms with van der Waals surface area (Å²) in [6, 6.07) is 8.07. The van der Waals surface area contributed by atoms with Gasteiger partial charge in [0.25, 0.3) is 0 Å². The lowest BCUT2D eigenvalue weighted by Gasteiger charge is -2.13. The second kappa shape index (κ2) is 5.41. The average molecular weight is 283 g/mol. The van der Waals surface area contributed by atoms with Crippen molar-refractivity contribution in [3.8, 4) is 0 Å². The maximum atomic E-state index is 12.2. The molecule has 0 radical (unpaired) electrons. The van der Waals surface area contributed by atoms with Crippen LogP contribution in [0.3, 0.4) is 0 Å². The number of nitrogens with zero attached hydrogens (tertiary/aromatic N) is 3. The molecule has 0 saturated heterocycles. The molecule has 2 heterocycles. The zero-order chi connectivity index (χ0) is 14.8. The highest BCUT2D eigenvalue weighted by Crippen LogP contribution is 2.05. The van der Waals surface area contributed by atoms with Crippen molar-refractivity contribution >= 4 is 11.8 Å². The van der Waals surface area contributed by atoms with E-state index >= 15 is 0 Å². The molecule has 0 N–H and O–H groups in total. The minimum atomic E-state index is -0.524. The van der Waals surface area contributed by atoms with Gasteiger partial charge < -0.3 is 4.42 Å². The van der Waals surface area contributed by atoms with Crippen LogP contribution in [-0.2, 0) is 6.54 Å². The average Bonchev–Trinajstić information content (AvgIpc) is 3.05. The number of hydrogen-bond donors (Lipinski definition) is 0. The van der Waals surface area contributed by atoms with Crippen molar-refractivity contribution in [3.05, 3.63) is 58.6 Å². The molecule has 1 aromatic heterocycles.